The van der Waals surface area contributed by atoms with E-state index in [0.29, 0.717) is 5.92 Å². The fourth-order valence-electron chi connectivity index (χ4n) is 2.25. The lowest BCUT2D eigenvalue weighted by Gasteiger charge is -2.14. The van der Waals surface area contributed by atoms with Gasteiger partial charge in [-0.05, 0) is 25.0 Å². The molecule has 2 rings (SSSR count). The lowest BCUT2D eigenvalue weighted by Crippen LogP contribution is -2.25. The van der Waals surface area contributed by atoms with Crippen LogP contribution in [0.3, 0.4) is 0 Å². The molecule has 1 amide bonds. The minimum atomic E-state index is -0.155. The molecule has 1 saturated carbocycles. The Morgan fingerprint density at radius 3 is 3.00 bits per heavy atom. The van der Waals surface area contributed by atoms with Crippen LogP contribution in [0, 0.1) is 5.92 Å². The number of hydrogen-bond acceptors (Lipinski definition) is 1. The lowest BCUT2D eigenvalue weighted by atomic mass is 9.92. The Hall–Kier alpha value is -1.25. The van der Waals surface area contributed by atoms with Crippen LogP contribution in [0.25, 0.3) is 0 Å². The van der Waals surface area contributed by atoms with E-state index in [1.54, 1.807) is 0 Å². The number of rotatable bonds is 2. The summed E-state index contributed by atoms with van der Waals surface area (Å²) in [7, 11) is 0. The molecule has 70 valence electrons. The molecule has 1 fully saturated rings. The first kappa shape index (κ1) is 8.35. The molecule has 0 spiro atoms. The van der Waals surface area contributed by atoms with Crippen LogP contribution in [-0.4, -0.2) is 10.9 Å². The molecule has 3 heteroatoms. The lowest BCUT2D eigenvalue weighted by molar-refractivity contribution is -0.122. The maximum absolute atomic E-state index is 11.1. The summed E-state index contributed by atoms with van der Waals surface area (Å²) in [5, 5.41) is 0. The number of amides is 1. The highest BCUT2D eigenvalue weighted by atomic mass is 16.1. The van der Waals surface area contributed by atoms with E-state index in [1.165, 1.54) is 0 Å². The number of nitrogens with two attached hydrogens (primary N) is 1. The molecule has 0 saturated heterocycles. The number of H-pyrrole nitrogens is 1. The van der Waals surface area contributed by atoms with E-state index in [2.05, 4.69) is 4.98 Å². The molecule has 1 aromatic rings. The standard InChI is InChI=1S/C10H14N2O/c11-10(13)8-4-1-3-7(8)9-5-2-6-12-9/h2,5-8,12H,1,3-4H2,(H2,11,13). The molecule has 0 bridgehead atoms. The first-order chi connectivity index (χ1) is 6.29. The van der Waals surface area contributed by atoms with Crippen molar-refractivity contribution in [3.05, 3.63) is 24.0 Å². The van der Waals surface area contributed by atoms with Gasteiger partial charge in [-0.3, -0.25) is 4.79 Å². The normalized spacial score (nSPS) is 27.7. The highest BCUT2D eigenvalue weighted by molar-refractivity contribution is 5.78. The van der Waals surface area contributed by atoms with Crippen LogP contribution < -0.4 is 5.73 Å². The maximum Gasteiger partial charge on any atom is 0.221 e. The number of nitrogens with one attached hydrogen (secondary N) is 1. The summed E-state index contributed by atoms with van der Waals surface area (Å²) in [6.07, 6.45) is 5.02. The predicted octanol–water partition coefficient (Wildman–Crippen LogP) is 1.38. The molecule has 3 N–H and O–H groups in total. The number of aromatic nitrogens is 1. The first-order valence-electron chi connectivity index (χ1n) is 4.71. The van der Waals surface area contributed by atoms with Crippen LogP contribution in [0.5, 0.6) is 0 Å². The molecule has 0 aromatic carbocycles. The van der Waals surface area contributed by atoms with Crippen molar-refractivity contribution in [1.29, 1.82) is 0 Å². The van der Waals surface area contributed by atoms with Crippen LogP contribution in [0.2, 0.25) is 0 Å². The predicted molar refractivity (Wildman–Crippen MR) is 50.1 cm³/mol. The Bertz CT molecular complexity index is 292. The zero-order valence-electron chi connectivity index (χ0n) is 7.49. The zero-order chi connectivity index (χ0) is 9.26. The topological polar surface area (TPSA) is 58.9 Å². The molecule has 1 aromatic heterocycles. The Kier molecular flexibility index (Phi) is 2.08. The Morgan fingerprint density at radius 1 is 1.54 bits per heavy atom. The number of carbonyl (C=O) groups is 1. The van der Waals surface area contributed by atoms with Crippen molar-refractivity contribution in [3.63, 3.8) is 0 Å². The summed E-state index contributed by atoms with van der Waals surface area (Å²) in [5.74, 6) is 0.211. The van der Waals surface area contributed by atoms with E-state index >= 15 is 0 Å². The average molecular weight is 178 g/mol. The average Bonchev–Trinajstić information content (AvgIpc) is 2.74. The molecule has 0 radical (unpaired) electrons. The van der Waals surface area contributed by atoms with Crippen molar-refractivity contribution in [1.82, 2.24) is 4.98 Å². The first-order valence-corrected chi connectivity index (χ1v) is 4.71. The van der Waals surface area contributed by atoms with Crippen LogP contribution in [-0.2, 0) is 4.79 Å². The summed E-state index contributed by atoms with van der Waals surface area (Å²) in [6.45, 7) is 0. The van der Waals surface area contributed by atoms with Gasteiger partial charge in [0.15, 0.2) is 0 Å². The molecular weight excluding hydrogens is 164 g/mol. The molecule has 1 heterocycles. The summed E-state index contributed by atoms with van der Waals surface area (Å²) >= 11 is 0. The molecule has 1 aliphatic carbocycles. The van der Waals surface area contributed by atoms with Gasteiger partial charge in [-0.15, -0.1) is 0 Å². The smallest absolute Gasteiger partial charge is 0.221 e. The van der Waals surface area contributed by atoms with Crippen molar-refractivity contribution in [2.45, 2.75) is 25.2 Å². The van der Waals surface area contributed by atoms with Gasteiger partial charge in [0, 0.05) is 23.7 Å². The number of primary amides is 1. The van der Waals surface area contributed by atoms with Gasteiger partial charge in [0.05, 0.1) is 0 Å². The Balaban J connectivity index is 2.19. The minimum Gasteiger partial charge on any atom is -0.369 e. The van der Waals surface area contributed by atoms with E-state index in [-0.39, 0.29) is 11.8 Å². The highest BCUT2D eigenvalue weighted by Crippen LogP contribution is 2.38. The molecule has 1 aliphatic rings. The van der Waals surface area contributed by atoms with Gasteiger partial charge in [-0.25, -0.2) is 0 Å². The van der Waals surface area contributed by atoms with Crippen LogP contribution in [0.4, 0.5) is 0 Å². The van der Waals surface area contributed by atoms with Gasteiger partial charge in [0.1, 0.15) is 0 Å². The van der Waals surface area contributed by atoms with Crippen LogP contribution in [0.15, 0.2) is 18.3 Å². The SMILES string of the molecule is NC(=O)C1CCCC1c1ccc[nH]1. The number of carbonyl (C=O) groups excluding carboxylic acids is 1. The quantitative estimate of drug-likeness (QED) is 0.706. The molecule has 2 unspecified atom stereocenters. The van der Waals surface area contributed by atoms with E-state index in [9.17, 15) is 4.79 Å². The van der Waals surface area contributed by atoms with Crippen molar-refractivity contribution in [2.24, 2.45) is 11.7 Å². The van der Waals surface area contributed by atoms with Crippen molar-refractivity contribution in [2.75, 3.05) is 0 Å². The largest absolute Gasteiger partial charge is 0.369 e. The Morgan fingerprint density at radius 2 is 2.38 bits per heavy atom. The van der Waals surface area contributed by atoms with Gasteiger partial charge in [0.25, 0.3) is 0 Å². The fourth-order valence-corrected chi connectivity index (χ4v) is 2.25. The fraction of sp³-hybridized carbons (Fsp3) is 0.500. The van der Waals surface area contributed by atoms with Crippen LogP contribution in [0.1, 0.15) is 30.9 Å². The second-order valence-corrected chi connectivity index (χ2v) is 3.67. The highest BCUT2D eigenvalue weighted by Gasteiger charge is 2.32. The minimum absolute atomic E-state index is 0.0404. The van der Waals surface area contributed by atoms with E-state index < -0.39 is 0 Å². The third-order valence-corrected chi connectivity index (χ3v) is 2.90. The maximum atomic E-state index is 11.1. The number of aromatic amines is 1. The molecule has 2 atom stereocenters. The zero-order valence-corrected chi connectivity index (χ0v) is 7.49. The second-order valence-electron chi connectivity index (χ2n) is 3.67. The summed E-state index contributed by atoms with van der Waals surface area (Å²) < 4.78 is 0. The molecule has 3 nitrogen and oxygen atoms in total. The van der Waals surface area contributed by atoms with Gasteiger partial charge >= 0.3 is 0 Å². The van der Waals surface area contributed by atoms with Crippen molar-refractivity contribution < 1.29 is 4.79 Å². The van der Waals surface area contributed by atoms with Crippen molar-refractivity contribution in [3.8, 4) is 0 Å². The molecular formula is C10H14N2O. The monoisotopic (exact) mass is 178 g/mol. The summed E-state index contributed by atoms with van der Waals surface area (Å²) in [5.41, 5.74) is 6.50. The van der Waals surface area contributed by atoms with E-state index in [1.807, 2.05) is 18.3 Å². The Labute approximate surface area is 77.3 Å². The molecule has 0 aliphatic heterocycles. The van der Waals surface area contributed by atoms with Crippen molar-refractivity contribution >= 4 is 5.91 Å². The van der Waals surface area contributed by atoms with Gasteiger partial charge < -0.3 is 10.7 Å². The number of hydrogen-bond donors (Lipinski definition) is 2. The van der Waals surface area contributed by atoms with E-state index in [0.717, 1.165) is 25.0 Å². The summed E-state index contributed by atoms with van der Waals surface area (Å²) in [6, 6.07) is 4.00. The molecule has 13 heavy (non-hydrogen) atoms. The third kappa shape index (κ3) is 1.46. The van der Waals surface area contributed by atoms with Gasteiger partial charge in [-0.1, -0.05) is 6.42 Å². The summed E-state index contributed by atoms with van der Waals surface area (Å²) in [4.78, 5) is 14.3. The van der Waals surface area contributed by atoms with E-state index in [4.69, 9.17) is 5.73 Å². The third-order valence-electron chi connectivity index (χ3n) is 2.90. The van der Waals surface area contributed by atoms with Gasteiger partial charge in [0.2, 0.25) is 5.91 Å². The van der Waals surface area contributed by atoms with Crippen LogP contribution >= 0.6 is 0 Å². The van der Waals surface area contributed by atoms with Gasteiger partial charge in [-0.2, -0.15) is 0 Å². The second kappa shape index (κ2) is 3.24.